The molecule has 2 N–H and O–H groups in total. The molecule has 1 unspecified atom stereocenters. The van der Waals surface area contributed by atoms with E-state index in [1.54, 1.807) is 5.57 Å². The van der Waals surface area contributed by atoms with E-state index in [1.165, 1.54) is 25.7 Å². The number of carbonyl (C=O) groups is 1. The number of rotatable bonds is 1. The molecule has 3 nitrogen and oxygen atoms in total. The van der Waals surface area contributed by atoms with Crippen LogP contribution in [-0.2, 0) is 4.79 Å². The largest absolute Gasteiger partial charge is 0.479 e. The summed E-state index contributed by atoms with van der Waals surface area (Å²) in [6.45, 7) is 19.3. The van der Waals surface area contributed by atoms with Crippen molar-refractivity contribution < 1.29 is 15.0 Å². The smallest absolute Gasteiger partial charge is 0.336 e. The predicted molar refractivity (Wildman–Crippen MR) is 137 cm³/mol. The molecule has 0 aromatic rings. The second-order valence-electron chi connectivity index (χ2n) is 15.2. The standard InChI is InChI=1S/C31H50O3/c1-19-11-13-27(5)15-17-29(7)21(24(27)20(19)2)9-10-23-28(6)16-18-31(34,25(32)33)26(3,4)22(28)12-14-30(23,29)8/h9,19-20,22-24,34H,10-18H2,1-8H3,(H,32,33)/t19-,20+,22?,23-,24+,27-,28+,29-,30-,31-/m1/s1. The highest BCUT2D eigenvalue weighted by atomic mass is 16.4. The Bertz CT molecular complexity index is 920. The summed E-state index contributed by atoms with van der Waals surface area (Å²) in [7, 11) is 0. The fourth-order valence-electron chi connectivity index (χ4n) is 11.2. The highest BCUT2D eigenvalue weighted by Gasteiger charge is 2.71. The molecular formula is C31H50O3. The van der Waals surface area contributed by atoms with Gasteiger partial charge in [0.2, 0.25) is 0 Å². The summed E-state index contributed by atoms with van der Waals surface area (Å²) in [6, 6.07) is 0. The van der Waals surface area contributed by atoms with E-state index in [-0.39, 0.29) is 22.2 Å². The van der Waals surface area contributed by atoms with Crippen molar-refractivity contribution in [3.63, 3.8) is 0 Å². The lowest BCUT2D eigenvalue weighted by Crippen LogP contribution is -2.68. The van der Waals surface area contributed by atoms with Gasteiger partial charge in [-0.3, -0.25) is 0 Å². The van der Waals surface area contributed by atoms with Crippen molar-refractivity contribution in [2.75, 3.05) is 0 Å². The van der Waals surface area contributed by atoms with Gasteiger partial charge in [0, 0.05) is 5.41 Å². The van der Waals surface area contributed by atoms with E-state index in [0.29, 0.717) is 23.7 Å². The zero-order chi connectivity index (χ0) is 25.1. The second-order valence-corrected chi connectivity index (χ2v) is 15.2. The number of aliphatic carboxylic acids is 1. The van der Waals surface area contributed by atoms with Gasteiger partial charge in [0.05, 0.1) is 0 Å². The maximum atomic E-state index is 12.2. The molecule has 5 rings (SSSR count). The minimum atomic E-state index is -1.62. The van der Waals surface area contributed by atoms with E-state index in [2.05, 4.69) is 47.6 Å². The number of allylic oxidation sites excluding steroid dienone is 2. The fraction of sp³-hybridized carbons (Fsp3) is 0.903. The van der Waals surface area contributed by atoms with Gasteiger partial charge >= 0.3 is 5.97 Å². The highest BCUT2D eigenvalue weighted by molar-refractivity contribution is 5.78. The summed E-state index contributed by atoms with van der Waals surface area (Å²) < 4.78 is 0. The van der Waals surface area contributed by atoms with E-state index in [9.17, 15) is 15.0 Å². The number of carboxylic acid groups (broad SMARTS) is 1. The van der Waals surface area contributed by atoms with Crippen LogP contribution in [0.1, 0.15) is 113 Å². The summed E-state index contributed by atoms with van der Waals surface area (Å²) >= 11 is 0. The minimum absolute atomic E-state index is 0.0649. The number of aliphatic hydroxyl groups is 1. The Morgan fingerprint density at radius 2 is 1.56 bits per heavy atom. The summed E-state index contributed by atoms with van der Waals surface area (Å²) in [6.07, 6.45) is 12.6. The van der Waals surface area contributed by atoms with Crippen LogP contribution in [-0.4, -0.2) is 21.8 Å². The Hall–Kier alpha value is -0.830. The molecule has 0 radical (unpaired) electrons. The Morgan fingerprint density at radius 3 is 2.21 bits per heavy atom. The van der Waals surface area contributed by atoms with E-state index in [1.807, 2.05) is 13.8 Å². The van der Waals surface area contributed by atoms with Crippen LogP contribution < -0.4 is 0 Å². The number of hydrogen-bond donors (Lipinski definition) is 2. The van der Waals surface area contributed by atoms with Gasteiger partial charge in [-0.25, -0.2) is 4.79 Å². The summed E-state index contributed by atoms with van der Waals surface area (Å²) in [5.74, 6) is 2.00. The van der Waals surface area contributed by atoms with Gasteiger partial charge in [0.25, 0.3) is 0 Å². The van der Waals surface area contributed by atoms with Crippen molar-refractivity contribution in [3.05, 3.63) is 11.6 Å². The molecule has 0 saturated heterocycles. The van der Waals surface area contributed by atoms with Crippen molar-refractivity contribution in [1.29, 1.82) is 0 Å². The molecule has 0 aromatic heterocycles. The SMILES string of the molecule is C[C@H]1[C@H](C)CC[C@]2(C)CC[C@]3(C)C(=CC[C@@H]4[C@@]5(C)CC[C@@](O)(C(=O)O)C(C)(C)C5CC[C@]43C)[C@H]12. The highest BCUT2D eigenvalue weighted by Crippen LogP contribution is 2.76. The quantitative estimate of drug-likeness (QED) is 0.391. The molecule has 5 aliphatic carbocycles. The summed E-state index contributed by atoms with van der Waals surface area (Å²) in [4.78, 5) is 12.2. The Kier molecular flexibility index (Phi) is 5.22. The Labute approximate surface area is 208 Å². The van der Waals surface area contributed by atoms with Gasteiger partial charge in [-0.2, -0.15) is 0 Å². The van der Waals surface area contributed by atoms with Crippen LogP contribution in [0.25, 0.3) is 0 Å². The van der Waals surface area contributed by atoms with Crippen LogP contribution in [0.5, 0.6) is 0 Å². The van der Waals surface area contributed by atoms with Gasteiger partial charge in [-0.15, -0.1) is 0 Å². The average molecular weight is 471 g/mol. The van der Waals surface area contributed by atoms with Crippen LogP contribution in [0.2, 0.25) is 0 Å². The number of fused-ring (bicyclic) bond motifs is 7. The number of carboxylic acids is 1. The van der Waals surface area contributed by atoms with Crippen LogP contribution >= 0.6 is 0 Å². The molecule has 34 heavy (non-hydrogen) atoms. The molecule has 0 heterocycles. The van der Waals surface area contributed by atoms with Crippen LogP contribution in [0.15, 0.2) is 11.6 Å². The fourth-order valence-corrected chi connectivity index (χ4v) is 11.2. The van der Waals surface area contributed by atoms with Crippen LogP contribution in [0, 0.1) is 56.7 Å². The lowest BCUT2D eigenvalue weighted by atomic mass is 9.32. The molecule has 0 bridgehead atoms. The van der Waals surface area contributed by atoms with Gasteiger partial charge in [-0.05, 0) is 109 Å². The second kappa shape index (κ2) is 7.14. The third-order valence-corrected chi connectivity index (χ3v) is 14.0. The lowest BCUT2D eigenvalue weighted by molar-refractivity contribution is -0.239. The van der Waals surface area contributed by atoms with Crippen LogP contribution in [0.3, 0.4) is 0 Å². The first-order valence-electron chi connectivity index (χ1n) is 14.2. The van der Waals surface area contributed by atoms with E-state index < -0.39 is 17.0 Å². The van der Waals surface area contributed by atoms with E-state index >= 15 is 0 Å². The maximum Gasteiger partial charge on any atom is 0.336 e. The summed E-state index contributed by atoms with van der Waals surface area (Å²) in [5, 5.41) is 21.3. The molecule has 10 atom stereocenters. The molecule has 4 fully saturated rings. The van der Waals surface area contributed by atoms with Crippen LogP contribution in [0.4, 0.5) is 0 Å². The van der Waals surface area contributed by atoms with E-state index in [4.69, 9.17) is 0 Å². The van der Waals surface area contributed by atoms with Gasteiger partial charge in [0.15, 0.2) is 5.60 Å². The molecule has 0 aromatic carbocycles. The molecule has 0 aliphatic heterocycles. The zero-order valence-electron chi connectivity index (χ0n) is 23.1. The molecule has 192 valence electrons. The molecule has 0 spiro atoms. The maximum absolute atomic E-state index is 12.2. The molecule has 5 aliphatic rings. The predicted octanol–water partition coefficient (Wildman–Crippen LogP) is 7.48. The third-order valence-electron chi connectivity index (χ3n) is 14.0. The van der Waals surface area contributed by atoms with E-state index in [0.717, 1.165) is 37.5 Å². The third kappa shape index (κ3) is 2.72. The molecular weight excluding hydrogens is 420 g/mol. The van der Waals surface area contributed by atoms with Gasteiger partial charge in [0.1, 0.15) is 0 Å². The minimum Gasteiger partial charge on any atom is -0.479 e. The lowest BCUT2D eigenvalue weighted by Gasteiger charge is -2.72. The average Bonchev–Trinajstić information content (AvgIpc) is 2.75. The first-order valence-corrected chi connectivity index (χ1v) is 14.2. The molecule has 4 saturated carbocycles. The topological polar surface area (TPSA) is 57.5 Å². The van der Waals surface area contributed by atoms with Crippen molar-refractivity contribution in [1.82, 2.24) is 0 Å². The van der Waals surface area contributed by atoms with Gasteiger partial charge in [-0.1, -0.05) is 67.0 Å². The van der Waals surface area contributed by atoms with Gasteiger partial charge < -0.3 is 10.2 Å². The van der Waals surface area contributed by atoms with Crippen molar-refractivity contribution >= 4 is 5.97 Å². The van der Waals surface area contributed by atoms with Crippen molar-refractivity contribution in [3.8, 4) is 0 Å². The molecule has 3 heteroatoms. The molecule has 0 amide bonds. The Morgan fingerprint density at radius 1 is 0.882 bits per heavy atom. The monoisotopic (exact) mass is 470 g/mol. The zero-order valence-corrected chi connectivity index (χ0v) is 23.1. The summed E-state index contributed by atoms with van der Waals surface area (Å²) in [5.41, 5.74) is 0.518. The number of hydrogen-bond acceptors (Lipinski definition) is 2. The first kappa shape index (κ1) is 24.8. The first-order chi connectivity index (χ1) is 15.6. The van der Waals surface area contributed by atoms with Crippen molar-refractivity contribution in [2.24, 2.45) is 56.7 Å². The van der Waals surface area contributed by atoms with Crippen molar-refractivity contribution in [2.45, 2.75) is 119 Å². The Balaban J connectivity index is 1.58. The normalized spacial score (nSPS) is 56.3.